The van der Waals surface area contributed by atoms with Crippen LogP contribution in [0.1, 0.15) is 5.56 Å². The Kier molecular flexibility index (Phi) is 4.15. The average molecular weight is 311 g/mol. The number of nitrogens with one attached hydrogen (secondary N) is 1. The summed E-state index contributed by atoms with van der Waals surface area (Å²) in [6.45, 7) is 0.580. The number of phenols is 1. The normalized spacial score (nSPS) is 10.3. The number of hydrogen-bond donors (Lipinski definition) is 2. The van der Waals surface area contributed by atoms with Gasteiger partial charge in [0.15, 0.2) is 11.6 Å². The van der Waals surface area contributed by atoms with E-state index in [1.165, 1.54) is 6.07 Å². The largest absolute Gasteiger partial charge is 0.508 e. The summed E-state index contributed by atoms with van der Waals surface area (Å²) in [6.07, 6.45) is 2.28. The molecular weight excluding hydrogens is 299 g/mol. The van der Waals surface area contributed by atoms with Gasteiger partial charge in [-0.15, -0.1) is 0 Å². The second-order valence-electron chi connectivity index (χ2n) is 3.83. The quantitative estimate of drug-likeness (QED) is 0.910. The van der Waals surface area contributed by atoms with Crippen LogP contribution in [0.25, 0.3) is 0 Å². The minimum Gasteiger partial charge on any atom is -0.508 e. The smallest absolute Gasteiger partial charge is 0.166 e. The second-order valence-corrected chi connectivity index (χ2v) is 4.74. The fraction of sp³-hybridized carbons (Fsp3) is 0.154. The Balaban J connectivity index is 1.90. The van der Waals surface area contributed by atoms with Gasteiger partial charge in [-0.1, -0.05) is 12.1 Å². The number of benzene rings is 1. The van der Waals surface area contributed by atoms with Crippen molar-refractivity contribution < 1.29 is 9.50 Å². The van der Waals surface area contributed by atoms with E-state index in [9.17, 15) is 4.39 Å². The molecule has 0 fully saturated rings. The summed E-state index contributed by atoms with van der Waals surface area (Å²) < 4.78 is 14.1. The van der Waals surface area contributed by atoms with E-state index >= 15 is 0 Å². The molecule has 2 aromatic rings. The standard InChI is InChI=1S/C13H12BrFN2O/c14-10-7-12(15)13(17-8-10)16-6-5-9-1-3-11(18)4-2-9/h1-4,7-8,18H,5-6H2,(H,16,17). The fourth-order valence-electron chi connectivity index (χ4n) is 1.53. The lowest BCUT2D eigenvalue weighted by molar-refractivity contribution is 0.475. The van der Waals surface area contributed by atoms with Crippen LogP contribution in [0.3, 0.4) is 0 Å². The lowest BCUT2D eigenvalue weighted by atomic mass is 10.1. The summed E-state index contributed by atoms with van der Waals surface area (Å²) in [7, 11) is 0. The SMILES string of the molecule is Oc1ccc(CCNc2ncc(Br)cc2F)cc1. The lowest BCUT2D eigenvalue weighted by Crippen LogP contribution is -2.07. The van der Waals surface area contributed by atoms with E-state index in [1.54, 1.807) is 18.3 Å². The fourth-order valence-corrected chi connectivity index (χ4v) is 1.84. The van der Waals surface area contributed by atoms with Crippen molar-refractivity contribution in [3.63, 3.8) is 0 Å². The third-order valence-corrected chi connectivity index (χ3v) is 2.88. The molecule has 94 valence electrons. The van der Waals surface area contributed by atoms with Crippen molar-refractivity contribution in [3.8, 4) is 5.75 Å². The van der Waals surface area contributed by atoms with E-state index in [1.807, 2.05) is 12.1 Å². The van der Waals surface area contributed by atoms with E-state index in [2.05, 4.69) is 26.2 Å². The molecule has 2 rings (SSSR count). The van der Waals surface area contributed by atoms with Gasteiger partial charge < -0.3 is 10.4 Å². The Morgan fingerprint density at radius 3 is 2.67 bits per heavy atom. The van der Waals surface area contributed by atoms with Gasteiger partial charge in [-0.25, -0.2) is 9.37 Å². The molecule has 0 bridgehead atoms. The van der Waals surface area contributed by atoms with Crippen molar-refractivity contribution in [1.29, 1.82) is 0 Å². The summed E-state index contributed by atoms with van der Waals surface area (Å²) >= 11 is 3.15. The average Bonchev–Trinajstić information content (AvgIpc) is 2.34. The number of nitrogens with zero attached hydrogens (tertiary/aromatic N) is 1. The molecule has 0 amide bonds. The minimum absolute atomic E-state index is 0.243. The third-order valence-electron chi connectivity index (χ3n) is 2.45. The zero-order valence-electron chi connectivity index (χ0n) is 9.53. The van der Waals surface area contributed by atoms with Gasteiger partial charge in [-0.3, -0.25) is 0 Å². The first-order valence-electron chi connectivity index (χ1n) is 5.48. The van der Waals surface area contributed by atoms with Crippen LogP contribution >= 0.6 is 15.9 Å². The van der Waals surface area contributed by atoms with Crippen LogP contribution in [0.5, 0.6) is 5.75 Å². The Hall–Kier alpha value is -1.62. The zero-order valence-corrected chi connectivity index (χ0v) is 11.1. The van der Waals surface area contributed by atoms with E-state index in [4.69, 9.17) is 5.11 Å². The van der Waals surface area contributed by atoms with Crippen LogP contribution in [-0.2, 0) is 6.42 Å². The number of halogens is 2. The van der Waals surface area contributed by atoms with Crippen LogP contribution < -0.4 is 5.32 Å². The topological polar surface area (TPSA) is 45.1 Å². The third kappa shape index (κ3) is 3.43. The van der Waals surface area contributed by atoms with E-state index < -0.39 is 0 Å². The predicted molar refractivity (Wildman–Crippen MR) is 72.2 cm³/mol. The predicted octanol–water partition coefficient (Wildman–Crippen LogP) is 3.34. The zero-order chi connectivity index (χ0) is 13.0. The van der Waals surface area contributed by atoms with Gasteiger partial charge in [0.2, 0.25) is 0 Å². The highest BCUT2D eigenvalue weighted by Crippen LogP contribution is 2.16. The molecule has 0 unspecified atom stereocenters. The first-order valence-corrected chi connectivity index (χ1v) is 6.27. The van der Waals surface area contributed by atoms with Crippen molar-refractivity contribution >= 4 is 21.7 Å². The molecule has 5 heteroatoms. The Morgan fingerprint density at radius 2 is 2.00 bits per heavy atom. The van der Waals surface area contributed by atoms with Gasteiger partial charge in [0.25, 0.3) is 0 Å². The number of aromatic nitrogens is 1. The van der Waals surface area contributed by atoms with Gasteiger partial charge in [0.1, 0.15) is 5.75 Å². The monoisotopic (exact) mass is 310 g/mol. The van der Waals surface area contributed by atoms with E-state index in [-0.39, 0.29) is 17.4 Å². The molecule has 0 aliphatic rings. The molecule has 0 aliphatic heterocycles. The van der Waals surface area contributed by atoms with Crippen molar-refractivity contribution in [3.05, 3.63) is 52.4 Å². The highest BCUT2D eigenvalue weighted by atomic mass is 79.9. The van der Waals surface area contributed by atoms with Gasteiger partial charge in [0, 0.05) is 17.2 Å². The highest BCUT2D eigenvalue weighted by Gasteiger charge is 2.03. The molecule has 0 saturated carbocycles. The maximum absolute atomic E-state index is 13.4. The van der Waals surface area contributed by atoms with Crippen molar-refractivity contribution in [2.75, 3.05) is 11.9 Å². The lowest BCUT2D eigenvalue weighted by Gasteiger charge is -2.07. The number of phenolic OH excluding ortho intramolecular Hbond substituents is 1. The summed E-state index contributed by atoms with van der Waals surface area (Å²) in [5.41, 5.74) is 1.07. The number of rotatable bonds is 4. The molecule has 2 N–H and O–H groups in total. The molecule has 3 nitrogen and oxygen atoms in total. The molecule has 1 aromatic heterocycles. The van der Waals surface area contributed by atoms with Gasteiger partial charge >= 0.3 is 0 Å². The molecule has 1 heterocycles. The van der Waals surface area contributed by atoms with Crippen LogP contribution in [0, 0.1) is 5.82 Å². The molecule has 0 aliphatic carbocycles. The molecule has 0 radical (unpaired) electrons. The van der Waals surface area contributed by atoms with Crippen LogP contribution in [0.15, 0.2) is 41.0 Å². The van der Waals surface area contributed by atoms with Gasteiger partial charge in [-0.05, 0) is 46.1 Å². The summed E-state index contributed by atoms with van der Waals surface area (Å²) in [6, 6.07) is 8.31. The maximum Gasteiger partial charge on any atom is 0.166 e. The molecule has 0 spiro atoms. The van der Waals surface area contributed by atoms with E-state index in [0.29, 0.717) is 11.0 Å². The van der Waals surface area contributed by atoms with Crippen molar-refractivity contribution in [2.45, 2.75) is 6.42 Å². The number of anilines is 1. The molecule has 18 heavy (non-hydrogen) atoms. The second kappa shape index (κ2) is 5.82. The Labute approximate surface area is 113 Å². The first-order chi connectivity index (χ1) is 8.65. The number of pyridine rings is 1. The minimum atomic E-state index is -0.380. The van der Waals surface area contributed by atoms with Crippen LogP contribution in [0.2, 0.25) is 0 Å². The number of hydrogen-bond acceptors (Lipinski definition) is 3. The van der Waals surface area contributed by atoms with E-state index in [0.717, 1.165) is 12.0 Å². The van der Waals surface area contributed by atoms with Gasteiger partial charge in [0.05, 0.1) is 0 Å². The maximum atomic E-state index is 13.4. The summed E-state index contributed by atoms with van der Waals surface area (Å²) in [4.78, 5) is 3.95. The molecule has 1 aromatic carbocycles. The summed E-state index contributed by atoms with van der Waals surface area (Å²) in [5, 5.41) is 12.1. The molecular formula is C13H12BrFN2O. The summed E-state index contributed by atoms with van der Waals surface area (Å²) in [5.74, 6) is 0.111. The van der Waals surface area contributed by atoms with Crippen molar-refractivity contribution in [1.82, 2.24) is 4.98 Å². The molecule has 0 atom stereocenters. The molecule has 0 saturated heterocycles. The van der Waals surface area contributed by atoms with Crippen LogP contribution in [-0.4, -0.2) is 16.6 Å². The first kappa shape index (κ1) is 12.8. The Morgan fingerprint density at radius 1 is 1.28 bits per heavy atom. The number of aromatic hydroxyl groups is 1. The van der Waals surface area contributed by atoms with Gasteiger partial charge in [-0.2, -0.15) is 0 Å². The Bertz CT molecular complexity index is 531. The highest BCUT2D eigenvalue weighted by molar-refractivity contribution is 9.10. The van der Waals surface area contributed by atoms with Crippen molar-refractivity contribution in [2.24, 2.45) is 0 Å². The van der Waals surface area contributed by atoms with Crippen LogP contribution in [0.4, 0.5) is 10.2 Å².